The molecule has 0 radical (unpaired) electrons. The van der Waals surface area contributed by atoms with Crippen molar-refractivity contribution in [3.05, 3.63) is 11.1 Å². The van der Waals surface area contributed by atoms with Crippen LogP contribution < -0.4 is 0 Å². The lowest BCUT2D eigenvalue weighted by atomic mass is 9.83. The van der Waals surface area contributed by atoms with Gasteiger partial charge in [0.1, 0.15) is 5.92 Å². The molecule has 0 aliphatic heterocycles. The maximum Gasteiger partial charge on any atom is 0.317 e. The fraction of sp³-hybridized carbons (Fsp3) is 0.600. The average molecular weight is 217 g/mol. The van der Waals surface area contributed by atoms with E-state index in [-0.39, 0.29) is 11.7 Å². The van der Waals surface area contributed by atoms with Crippen molar-refractivity contribution in [3.63, 3.8) is 0 Å². The molecule has 2 atom stereocenters. The SMILES string of the molecule is CCOC(=O)C1C(=O)C=C(Cl)C[C@@H]1C. The summed E-state index contributed by atoms with van der Waals surface area (Å²) in [6.45, 7) is 3.85. The molecule has 1 aliphatic rings. The highest BCUT2D eigenvalue weighted by molar-refractivity contribution is 6.32. The van der Waals surface area contributed by atoms with E-state index in [1.165, 1.54) is 6.08 Å². The van der Waals surface area contributed by atoms with E-state index in [9.17, 15) is 9.59 Å². The fourth-order valence-corrected chi connectivity index (χ4v) is 1.94. The standard InChI is InChI=1S/C10H13ClO3/c1-3-14-10(13)9-6(2)4-7(11)5-8(9)12/h5-6,9H,3-4H2,1-2H3/t6-,9?/m0/s1. The molecule has 0 N–H and O–H groups in total. The van der Waals surface area contributed by atoms with E-state index in [2.05, 4.69) is 0 Å². The first-order valence-electron chi connectivity index (χ1n) is 4.62. The van der Waals surface area contributed by atoms with E-state index in [4.69, 9.17) is 16.3 Å². The van der Waals surface area contributed by atoms with E-state index in [0.29, 0.717) is 18.1 Å². The molecule has 0 bridgehead atoms. The average Bonchev–Trinajstić information content (AvgIpc) is 2.01. The first-order valence-corrected chi connectivity index (χ1v) is 5.00. The number of hydrogen-bond acceptors (Lipinski definition) is 3. The number of carbonyl (C=O) groups excluding carboxylic acids is 2. The van der Waals surface area contributed by atoms with Gasteiger partial charge in [0.25, 0.3) is 0 Å². The van der Waals surface area contributed by atoms with Crippen LogP contribution in [0, 0.1) is 11.8 Å². The van der Waals surface area contributed by atoms with Crippen molar-refractivity contribution in [2.45, 2.75) is 20.3 Å². The lowest BCUT2D eigenvalue weighted by molar-refractivity contribution is -0.152. The van der Waals surface area contributed by atoms with Crippen LogP contribution in [0.4, 0.5) is 0 Å². The Balaban J connectivity index is 2.78. The number of ketones is 1. The Bertz CT molecular complexity index is 283. The lowest BCUT2D eigenvalue weighted by Gasteiger charge is -2.23. The van der Waals surface area contributed by atoms with Crippen molar-refractivity contribution >= 4 is 23.4 Å². The van der Waals surface area contributed by atoms with Crippen LogP contribution in [0.15, 0.2) is 11.1 Å². The quantitative estimate of drug-likeness (QED) is 0.523. The predicted molar refractivity (Wildman–Crippen MR) is 52.8 cm³/mol. The van der Waals surface area contributed by atoms with Crippen molar-refractivity contribution in [3.8, 4) is 0 Å². The van der Waals surface area contributed by atoms with E-state index < -0.39 is 11.9 Å². The second-order valence-corrected chi connectivity index (χ2v) is 3.89. The Labute approximate surface area is 88.1 Å². The molecular formula is C10H13ClO3. The minimum Gasteiger partial charge on any atom is -0.465 e. The molecule has 1 aliphatic carbocycles. The molecule has 0 spiro atoms. The van der Waals surface area contributed by atoms with Crippen LogP contribution in [-0.4, -0.2) is 18.4 Å². The topological polar surface area (TPSA) is 43.4 Å². The Kier molecular flexibility index (Phi) is 3.69. The maximum atomic E-state index is 11.5. The van der Waals surface area contributed by atoms with E-state index in [1.807, 2.05) is 6.92 Å². The minimum absolute atomic E-state index is 0.0703. The van der Waals surface area contributed by atoms with Gasteiger partial charge in [-0.2, -0.15) is 0 Å². The fourth-order valence-electron chi connectivity index (χ4n) is 1.59. The molecule has 0 saturated carbocycles. The Hall–Kier alpha value is -0.830. The first kappa shape index (κ1) is 11.2. The van der Waals surface area contributed by atoms with Gasteiger partial charge in [-0.25, -0.2) is 0 Å². The zero-order valence-corrected chi connectivity index (χ0v) is 9.00. The van der Waals surface area contributed by atoms with Crippen LogP contribution in [0.1, 0.15) is 20.3 Å². The summed E-state index contributed by atoms with van der Waals surface area (Å²) in [4.78, 5) is 22.9. The highest BCUT2D eigenvalue weighted by atomic mass is 35.5. The summed E-state index contributed by atoms with van der Waals surface area (Å²) in [5, 5.41) is 0.517. The zero-order valence-electron chi connectivity index (χ0n) is 8.25. The monoisotopic (exact) mass is 216 g/mol. The van der Waals surface area contributed by atoms with Crippen LogP contribution in [0.25, 0.3) is 0 Å². The molecule has 1 unspecified atom stereocenters. The number of halogens is 1. The van der Waals surface area contributed by atoms with Gasteiger partial charge < -0.3 is 4.74 Å². The van der Waals surface area contributed by atoms with Gasteiger partial charge in [-0.3, -0.25) is 9.59 Å². The van der Waals surface area contributed by atoms with Crippen molar-refractivity contribution in [2.24, 2.45) is 11.8 Å². The molecular weight excluding hydrogens is 204 g/mol. The third-order valence-electron chi connectivity index (χ3n) is 2.23. The van der Waals surface area contributed by atoms with Gasteiger partial charge in [-0.15, -0.1) is 0 Å². The Morgan fingerprint density at radius 2 is 2.36 bits per heavy atom. The zero-order chi connectivity index (χ0) is 10.7. The first-order chi connectivity index (χ1) is 6.56. The largest absolute Gasteiger partial charge is 0.465 e. The van der Waals surface area contributed by atoms with Gasteiger partial charge >= 0.3 is 5.97 Å². The molecule has 1 rings (SSSR count). The third-order valence-corrected chi connectivity index (χ3v) is 2.50. The normalized spacial score (nSPS) is 27.1. The van der Waals surface area contributed by atoms with Gasteiger partial charge in [0.15, 0.2) is 5.78 Å². The molecule has 3 nitrogen and oxygen atoms in total. The van der Waals surface area contributed by atoms with Crippen LogP contribution in [0.2, 0.25) is 0 Å². The van der Waals surface area contributed by atoms with Crippen LogP contribution >= 0.6 is 11.6 Å². The second-order valence-electron chi connectivity index (χ2n) is 3.40. The second kappa shape index (κ2) is 4.60. The lowest BCUT2D eigenvalue weighted by Crippen LogP contribution is -2.33. The molecule has 78 valence electrons. The summed E-state index contributed by atoms with van der Waals surface area (Å²) < 4.78 is 4.83. The molecule has 0 fully saturated rings. The van der Waals surface area contributed by atoms with E-state index >= 15 is 0 Å². The number of hydrogen-bond donors (Lipinski definition) is 0. The summed E-state index contributed by atoms with van der Waals surface area (Å²) in [6.07, 6.45) is 1.89. The Morgan fingerprint density at radius 1 is 1.71 bits per heavy atom. The van der Waals surface area contributed by atoms with Gasteiger partial charge in [0.05, 0.1) is 6.61 Å². The van der Waals surface area contributed by atoms with E-state index in [0.717, 1.165) is 0 Å². The highest BCUT2D eigenvalue weighted by Gasteiger charge is 2.35. The summed E-state index contributed by atoms with van der Waals surface area (Å²) in [7, 11) is 0. The molecule has 4 heteroatoms. The van der Waals surface area contributed by atoms with Gasteiger partial charge in [-0.05, 0) is 25.3 Å². The van der Waals surface area contributed by atoms with Crippen LogP contribution in [-0.2, 0) is 14.3 Å². The third kappa shape index (κ3) is 2.35. The number of ether oxygens (including phenoxy) is 1. The van der Waals surface area contributed by atoms with Crippen molar-refractivity contribution in [2.75, 3.05) is 6.61 Å². The van der Waals surface area contributed by atoms with Gasteiger partial charge in [0.2, 0.25) is 0 Å². The maximum absolute atomic E-state index is 11.5. The predicted octanol–water partition coefficient (Wildman–Crippen LogP) is 1.90. The molecule has 0 aromatic rings. The van der Waals surface area contributed by atoms with Crippen LogP contribution in [0.3, 0.4) is 0 Å². The van der Waals surface area contributed by atoms with Gasteiger partial charge in [-0.1, -0.05) is 18.5 Å². The summed E-state index contributed by atoms with van der Waals surface area (Å²) in [6, 6.07) is 0. The molecule has 0 heterocycles. The Morgan fingerprint density at radius 3 is 2.86 bits per heavy atom. The van der Waals surface area contributed by atoms with Crippen molar-refractivity contribution in [1.82, 2.24) is 0 Å². The molecule has 0 aromatic carbocycles. The summed E-state index contributed by atoms with van der Waals surface area (Å²) >= 11 is 5.74. The highest BCUT2D eigenvalue weighted by Crippen LogP contribution is 2.29. The minimum atomic E-state index is -0.669. The summed E-state index contributed by atoms with van der Waals surface area (Å²) in [5.74, 6) is -1.42. The molecule has 0 aromatic heterocycles. The number of allylic oxidation sites excluding steroid dienone is 2. The smallest absolute Gasteiger partial charge is 0.317 e. The number of rotatable bonds is 2. The van der Waals surface area contributed by atoms with E-state index in [1.54, 1.807) is 6.92 Å². The van der Waals surface area contributed by atoms with Crippen molar-refractivity contribution in [1.29, 1.82) is 0 Å². The number of carbonyl (C=O) groups is 2. The molecule has 0 amide bonds. The summed E-state index contributed by atoms with van der Waals surface area (Å²) in [5.41, 5.74) is 0. The number of esters is 1. The van der Waals surface area contributed by atoms with Crippen LogP contribution in [0.5, 0.6) is 0 Å². The van der Waals surface area contributed by atoms with Gasteiger partial charge in [0, 0.05) is 5.03 Å². The molecule has 14 heavy (non-hydrogen) atoms. The molecule has 0 saturated heterocycles. The van der Waals surface area contributed by atoms with Crippen molar-refractivity contribution < 1.29 is 14.3 Å².